The van der Waals surface area contributed by atoms with E-state index in [1.54, 1.807) is 12.1 Å². The number of amides is 1. The molecule has 1 aliphatic heterocycles. The maximum absolute atomic E-state index is 13.3. The van der Waals surface area contributed by atoms with Crippen LogP contribution in [-0.2, 0) is 21.4 Å². The zero-order valence-corrected chi connectivity index (χ0v) is 18.6. The van der Waals surface area contributed by atoms with Crippen LogP contribution in [0.25, 0.3) is 0 Å². The molecule has 1 aromatic rings. The Kier molecular flexibility index (Phi) is 4.94. The van der Waals surface area contributed by atoms with E-state index in [2.05, 4.69) is 10.2 Å². The molecule has 1 amide bonds. The standard InChI is InChI=1S/C25H34N2O4/c1-15(2)23(30)26-20-12-25(31)22-10-17-6-7-18(28)11-19(17)24(25,13-21(20)29)8-3-9-27(22)14-16-4-5-16/h6-7,11,15-16,20,22,28,31H,3-5,8-10,12-14H2,1-2H3,(H,26,30)/t20-,22+,24+,25+/m0/s1. The van der Waals surface area contributed by atoms with Gasteiger partial charge in [0.2, 0.25) is 5.91 Å². The lowest BCUT2D eigenvalue weighted by atomic mass is 9.50. The normalized spacial score (nSPS) is 35.3. The van der Waals surface area contributed by atoms with Crippen molar-refractivity contribution in [3.05, 3.63) is 29.3 Å². The van der Waals surface area contributed by atoms with Crippen molar-refractivity contribution in [2.75, 3.05) is 13.1 Å². The van der Waals surface area contributed by atoms with Gasteiger partial charge in [-0.3, -0.25) is 14.5 Å². The molecule has 3 aliphatic carbocycles. The Morgan fingerprint density at radius 2 is 2.10 bits per heavy atom. The van der Waals surface area contributed by atoms with Crippen molar-refractivity contribution in [2.24, 2.45) is 11.8 Å². The molecule has 6 nitrogen and oxygen atoms in total. The van der Waals surface area contributed by atoms with Gasteiger partial charge in [-0.2, -0.15) is 0 Å². The Balaban J connectivity index is 1.60. The van der Waals surface area contributed by atoms with Crippen LogP contribution >= 0.6 is 0 Å². The lowest BCUT2D eigenvalue weighted by Gasteiger charge is -2.59. The van der Waals surface area contributed by atoms with Gasteiger partial charge in [0.1, 0.15) is 5.75 Å². The number of ketones is 1. The molecule has 4 atom stereocenters. The third-order valence-electron chi connectivity index (χ3n) is 8.30. The molecule has 0 aromatic heterocycles. The first-order chi connectivity index (χ1) is 14.7. The third kappa shape index (κ3) is 3.30. The van der Waals surface area contributed by atoms with Gasteiger partial charge in [-0.25, -0.2) is 0 Å². The summed E-state index contributed by atoms with van der Waals surface area (Å²) in [4.78, 5) is 28.2. The number of aliphatic hydroxyl groups is 1. The van der Waals surface area contributed by atoms with Crippen molar-refractivity contribution in [3.8, 4) is 5.75 Å². The molecular formula is C25H34N2O4. The van der Waals surface area contributed by atoms with E-state index in [9.17, 15) is 19.8 Å². The van der Waals surface area contributed by atoms with E-state index in [0.29, 0.717) is 18.8 Å². The number of phenolic OH excluding ortho intramolecular Hbond substituents is 1. The van der Waals surface area contributed by atoms with Gasteiger partial charge in [-0.1, -0.05) is 19.9 Å². The Morgan fingerprint density at radius 1 is 1.32 bits per heavy atom. The van der Waals surface area contributed by atoms with Crippen LogP contribution in [0.15, 0.2) is 18.2 Å². The zero-order valence-electron chi connectivity index (χ0n) is 18.6. The summed E-state index contributed by atoms with van der Waals surface area (Å²) >= 11 is 0. The number of hydrogen-bond acceptors (Lipinski definition) is 5. The van der Waals surface area contributed by atoms with Gasteiger partial charge in [-0.15, -0.1) is 0 Å². The van der Waals surface area contributed by atoms with Crippen LogP contribution < -0.4 is 5.32 Å². The highest BCUT2D eigenvalue weighted by Crippen LogP contribution is 2.57. The third-order valence-corrected chi connectivity index (χ3v) is 8.30. The molecule has 1 saturated heterocycles. The van der Waals surface area contributed by atoms with Crippen molar-refractivity contribution in [1.82, 2.24) is 10.2 Å². The number of likely N-dealkylation sites (tertiary alicyclic amines) is 1. The molecule has 2 bridgehead atoms. The first kappa shape index (κ1) is 21.0. The monoisotopic (exact) mass is 426 g/mol. The van der Waals surface area contributed by atoms with Crippen LogP contribution in [0.3, 0.4) is 0 Å². The number of phenols is 1. The van der Waals surface area contributed by atoms with E-state index in [1.165, 1.54) is 12.8 Å². The molecule has 2 saturated carbocycles. The number of nitrogens with zero attached hydrogens (tertiary/aromatic N) is 1. The largest absolute Gasteiger partial charge is 0.508 e. The molecular weight excluding hydrogens is 392 g/mol. The van der Waals surface area contributed by atoms with Crippen LogP contribution in [0.5, 0.6) is 5.75 Å². The van der Waals surface area contributed by atoms with Crippen LogP contribution in [-0.4, -0.2) is 57.6 Å². The van der Waals surface area contributed by atoms with Gasteiger partial charge in [-0.05, 0) is 67.8 Å². The fraction of sp³-hybridized carbons (Fsp3) is 0.680. The molecule has 31 heavy (non-hydrogen) atoms. The van der Waals surface area contributed by atoms with Gasteiger partial charge >= 0.3 is 0 Å². The summed E-state index contributed by atoms with van der Waals surface area (Å²) in [6.07, 6.45) is 5.29. The van der Waals surface area contributed by atoms with Crippen molar-refractivity contribution in [1.29, 1.82) is 0 Å². The maximum Gasteiger partial charge on any atom is 0.223 e. The minimum absolute atomic E-state index is 0.00994. The Labute approximate surface area is 184 Å². The molecule has 3 fully saturated rings. The average Bonchev–Trinajstić information content (AvgIpc) is 3.53. The van der Waals surface area contributed by atoms with Crippen molar-refractivity contribution >= 4 is 11.7 Å². The molecule has 4 aliphatic rings. The zero-order chi connectivity index (χ0) is 22.0. The summed E-state index contributed by atoms with van der Waals surface area (Å²) in [6.45, 7) is 5.54. The number of nitrogens with one attached hydrogen (secondary N) is 1. The van der Waals surface area contributed by atoms with E-state index in [-0.39, 0.29) is 42.2 Å². The molecule has 0 unspecified atom stereocenters. The average molecular weight is 427 g/mol. The topological polar surface area (TPSA) is 89.9 Å². The smallest absolute Gasteiger partial charge is 0.223 e. The summed E-state index contributed by atoms with van der Waals surface area (Å²) in [5.41, 5.74) is 0.231. The van der Waals surface area contributed by atoms with Gasteiger partial charge in [0, 0.05) is 36.8 Å². The quantitative estimate of drug-likeness (QED) is 0.687. The number of fused-ring (bicyclic) bond motifs is 1. The number of carbonyl (C=O) groups is 2. The first-order valence-corrected chi connectivity index (χ1v) is 11.9. The molecule has 0 spiro atoms. The molecule has 5 rings (SSSR count). The second kappa shape index (κ2) is 7.31. The number of carbonyl (C=O) groups excluding carboxylic acids is 2. The van der Waals surface area contributed by atoms with Gasteiger partial charge < -0.3 is 15.5 Å². The second-order valence-corrected chi connectivity index (χ2v) is 10.7. The lowest BCUT2D eigenvalue weighted by Crippen LogP contribution is -2.71. The molecule has 1 heterocycles. The van der Waals surface area contributed by atoms with Crippen LogP contribution in [0.2, 0.25) is 0 Å². The summed E-state index contributed by atoms with van der Waals surface area (Å²) in [5.74, 6) is 0.513. The molecule has 0 radical (unpaired) electrons. The Bertz CT molecular complexity index is 911. The highest BCUT2D eigenvalue weighted by molar-refractivity contribution is 5.92. The van der Waals surface area contributed by atoms with E-state index >= 15 is 0 Å². The number of aromatic hydroxyl groups is 1. The van der Waals surface area contributed by atoms with Crippen molar-refractivity contribution in [3.63, 3.8) is 0 Å². The highest BCUT2D eigenvalue weighted by atomic mass is 16.3. The highest BCUT2D eigenvalue weighted by Gasteiger charge is 2.65. The van der Waals surface area contributed by atoms with Crippen LogP contribution in [0.4, 0.5) is 0 Å². The molecule has 1 aromatic carbocycles. The SMILES string of the molecule is CC(C)C(=O)N[C@H]1C[C@@]2(O)[C@H]3Cc4ccc(O)cc4[C@@]2(CCCN3CC2CC2)CC1=O. The number of Topliss-reactive ketones (excluding diaryl/α,β-unsaturated/α-hetero) is 1. The lowest BCUT2D eigenvalue weighted by molar-refractivity contribution is -0.156. The van der Waals surface area contributed by atoms with Crippen LogP contribution in [0.1, 0.15) is 63.5 Å². The van der Waals surface area contributed by atoms with E-state index in [1.807, 2.05) is 19.9 Å². The van der Waals surface area contributed by atoms with E-state index in [0.717, 1.165) is 30.6 Å². The van der Waals surface area contributed by atoms with Crippen molar-refractivity contribution < 1.29 is 19.8 Å². The molecule has 6 heteroatoms. The van der Waals surface area contributed by atoms with Crippen molar-refractivity contribution in [2.45, 2.75) is 81.9 Å². The number of hydrogen-bond donors (Lipinski definition) is 3. The Morgan fingerprint density at radius 3 is 2.81 bits per heavy atom. The van der Waals surface area contributed by atoms with Gasteiger partial charge in [0.05, 0.1) is 11.6 Å². The Hall–Kier alpha value is -1.92. The summed E-state index contributed by atoms with van der Waals surface area (Å²) in [5, 5.41) is 25.7. The minimum Gasteiger partial charge on any atom is -0.508 e. The summed E-state index contributed by atoms with van der Waals surface area (Å²) in [6, 6.07) is 4.71. The number of benzene rings is 1. The van der Waals surface area contributed by atoms with Gasteiger partial charge in [0.15, 0.2) is 5.78 Å². The van der Waals surface area contributed by atoms with Gasteiger partial charge in [0.25, 0.3) is 0 Å². The number of rotatable bonds is 4. The van der Waals surface area contributed by atoms with E-state index in [4.69, 9.17) is 0 Å². The predicted octanol–water partition coefficient (Wildman–Crippen LogP) is 2.30. The first-order valence-electron chi connectivity index (χ1n) is 11.9. The summed E-state index contributed by atoms with van der Waals surface area (Å²) in [7, 11) is 0. The molecule has 168 valence electrons. The second-order valence-electron chi connectivity index (χ2n) is 10.7. The molecule has 3 N–H and O–H groups in total. The van der Waals surface area contributed by atoms with E-state index < -0.39 is 17.1 Å². The fourth-order valence-electron chi connectivity index (χ4n) is 6.47. The fourth-order valence-corrected chi connectivity index (χ4v) is 6.47. The summed E-state index contributed by atoms with van der Waals surface area (Å²) < 4.78 is 0. The predicted molar refractivity (Wildman–Crippen MR) is 117 cm³/mol. The maximum atomic E-state index is 13.3. The minimum atomic E-state index is -1.12. The van der Waals surface area contributed by atoms with Crippen LogP contribution in [0, 0.1) is 11.8 Å².